The van der Waals surface area contributed by atoms with Crippen molar-refractivity contribution in [3.05, 3.63) is 28.2 Å². The topological polar surface area (TPSA) is 40.5 Å². The minimum atomic E-state index is -4.26. The van der Waals surface area contributed by atoms with Crippen LogP contribution in [0.4, 0.5) is 18.9 Å². The van der Waals surface area contributed by atoms with Crippen LogP contribution in [-0.2, 0) is 0 Å². The van der Waals surface area contributed by atoms with E-state index in [1.54, 1.807) is 6.07 Å². The van der Waals surface area contributed by atoms with E-state index in [0.717, 1.165) is 0 Å². The van der Waals surface area contributed by atoms with Crippen LogP contribution in [0.15, 0.2) is 22.7 Å². The first-order valence-electron chi connectivity index (χ1n) is 5.01. The maximum atomic E-state index is 12.1. The molecule has 0 fully saturated rings. The van der Waals surface area contributed by atoms with Gasteiger partial charge in [-0.05, 0) is 18.2 Å². The number of carbonyl (C=O) groups is 1. The van der Waals surface area contributed by atoms with Crippen LogP contribution < -0.4 is 4.90 Å². The van der Waals surface area contributed by atoms with Gasteiger partial charge in [0.15, 0.2) is 0 Å². The lowest BCUT2D eigenvalue weighted by Crippen LogP contribution is -2.25. The van der Waals surface area contributed by atoms with Gasteiger partial charge in [0.2, 0.25) is 0 Å². The fraction of sp³-hybridized carbons (Fsp3) is 0.364. The molecule has 1 rings (SSSR count). The third-order valence-electron chi connectivity index (χ3n) is 2.33. The molecule has 3 nitrogen and oxygen atoms in total. The molecule has 18 heavy (non-hydrogen) atoms. The molecule has 7 heteroatoms. The van der Waals surface area contributed by atoms with Gasteiger partial charge in [-0.3, -0.25) is 0 Å². The summed E-state index contributed by atoms with van der Waals surface area (Å²) >= 11 is 3.12. The monoisotopic (exact) mass is 325 g/mol. The number of carboxylic acid groups (broad SMARTS) is 1. The maximum Gasteiger partial charge on any atom is 0.390 e. The van der Waals surface area contributed by atoms with Crippen LogP contribution in [0.2, 0.25) is 0 Å². The second-order valence-corrected chi connectivity index (χ2v) is 4.67. The summed E-state index contributed by atoms with van der Waals surface area (Å²) < 4.78 is 36.9. The molecule has 0 atom stereocenters. The van der Waals surface area contributed by atoms with Gasteiger partial charge in [0, 0.05) is 18.1 Å². The normalized spacial score (nSPS) is 11.4. The van der Waals surface area contributed by atoms with Crippen LogP contribution >= 0.6 is 15.9 Å². The molecule has 1 aromatic carbocycles. The number of nitrogens with zero attached hydrogens (tertiary/aromatic N) is 1. The van der Waals surface area contributed by atoms with Crippen LogP contribution in [0.5, 0.6) is 0 Å². The van der Waals surface area contributed by atoms with Gasteiger partial charge in [0.25, 0.3) is 0 Å². The quantitative estimate of drug-likeness (QED) is 0.920. The molecule has 0 bridgehead atoms. The van der Waals surface area contributed by atoms with Crippen LogP contribution in [0, 0.1) is 0 Å². The Labute approximate surface area is 110 Å². The highest BCUT2D eigenvalue weighted by Crippen LogP contribution is 2.26. The predicted molar refractivity (Wildman–Crippen MR) is 65.0 cm³/mol. The lowest BCUT2D eigenvalue weighted by molar-refractivity contribution is -0.132. The predicted octanol–water partition coefficient (Wildman–Crippen LogP) is 3.54. The molecule has 0 saturated heterocycles. The van der Waals surface area contributed by atoms with Crippen molar-refractivity contribution in [2.24, 2.45) is 0 Å². The van der Waals surface area contributed by atoms with Crippen LogP contribution in [0.1, 0.15) is 16.8 Å². The SMILES string of the molecule is CN(CCC(F)(F)F)c1ccc(Br)cc1C(=O)O. The van der Waals surface area contributed by atoms with Gasteiger partial charge in [-0.25, -0.2) is 4.79 Å². The molecule has 0 aromatic heterocycles. The summed E-state index contributed by atoms with van der Waals surface area (Å²) in [7, 11) is 1.43. The smallest absolute Gasteiger partial charge is 0.390 e. The number of aromatic carboxylic acids is 1. The lowest BCUT2D eigenvalue weighted by atomic mass is 10.1. The molecule has 0 saturated carbocycles. The Kier molecular flexibility index (Phi) is 4.61. The molecular weight excluding hydrogens is 315 g/mol. The summed E-state index contributed by atoms with van der Waals surface area (Å²) in [4.78, 5) is 12.3. The van der Waals surface area contributed by atoms with E-state index in [1.807, 2.05) is 0 Å². The largest absolute Gasteiger partial charge is 0.478 e. The number of carboxylic acids is 1. The maximum absolute atomic E-state index is 12.1. The number of hydrogen-bond acceptors (Lipinski definition) is 2. The van der Waals surface area contributed by atoms with Crippen molar-refractivity contribution in [3.8, 4) is 0 Å². The Morgan fingerprint density at radius 2 is 2.06 bits per heavy atom. The minimum absolute atomic E-state index is 0.0333. The summed E-state index contributed by atoms with van der Waals surface area (Å²) in [5.74, 6) is -1.18. The molecule has 100 valence electrons. The molecule has 0 aliphatic heterocycles. The van der Waals surface area contributed by atoms with Gasteiger partial charge < -0.3 is 10.0 Å². The number of hydrogen-bond donors (Lipinski definition) is 1. The fourth-order valence-corrected chi connectivity index (χ4v) is 1.79. The minimum Gasteiger partial charge on any atom is -0.478 e. The number of anilines is 1. The van der Waals surface area contributed by atoms with E-state index < -0.39 is 18.6 Å². The second kappa shape index (κ2) is 5.60. The van der Waals surface area contributed by atoms with Crippen LogP contribution in [-0.4, -0.2) is 30.8 Å². The molecule has 0 aliphatic rings. The fourth-order valence-electron chi connectivity index (χ4n) is 1.43. The summed E-state index contributed by atoms with van der Waals surface area (Å²) in [5.41, 5.74) is 0.226. The first kappa shape index (κ1) is 14.8. The Bertz CT molecular complexity index is 448. The Morgan fingerprint density at radius 3 is 2.56 bits per heavy atom. The van der Waals surface area contributed by atoms with E-state index in [1.165, 1.54) is 24.1 Å². The Hall–Kier alpha value is -1.24. The molecular formula is C11H11BrF3NO2. The number of alkyl halides is 3. The van der Waals surface area contributed by atoms with Crippen molar-refractivity contribution < 1.29 is 23.1 Å². The second-order valence-electron chi connectivity index (χ2n) is 3.75. The highest BCUT2D eigenvalue weighted by molar-refractivity contribution is 9.10. The van der Waals surface area contributed by atoms with Crippen molar-refractivity contribution in [2.45, 2.75) is 12.6 Å². The Morgan fingerprint density at radius 1 is 1.44 bits per heavy atom. The Balaban J connectivity index is 2.91. The van der Waals surface area contributed by atoms with Crippen molar-refractivity contribution >= 4 is 27.6 Å². The van der Waals surface area contributed by atoms with Gasteiger partial charge in [0.05, 0.1) is 17.7 Å². The highest BCUT2D eigenvalue weighted by atomic mass is 79.9. The zero-order valence-corrected chi connectivity index (χ0v) is 11.0. The summed E-state index contributed by atoms with van der Waals surface area (Å²) in [6.45, 7) is -0.286. The number of rotatable bonds is 4. The van der Waals surface area contributed by atoms with Crippen LogP contribution in [0.25, 0.3) is 0 Å². The van der Waals surface area contributed by atoms with E-state index in [-0.39, 0.29) is 17.8 Å². The molecule has 0 unspecified atom stereocenters. The van der Waals surface area contributed by atoms with Crippen molar-refractivity contribution in [3.63, 3.8) is 0 Å². The van der Waals surface area contributed by atoms with Crippen molar-refractivity contribution in [2.75, 3.05) is 18.5 Å². The van der Waals surface area contributed by atoms with Gasteiger partial charge in [-0.1, -0.05) is 15.9 Å². The molecule has 0 spiro atoms. The standard InChI is InChI=1S/C11H11BrF3NO2/c1-16(5-4-11(13,14)15)9-3-2-7(12)6-8(9)10(17)18/h2-3,6H,4-5H2,1H3,(H,17,18). The number of halogens is 4. The van der Waals surface area contributed by atoms with Gasteiger partial charge in [0.1, 0.15) is 0 Å². The highest BCUT2D eigenvalue weighted by Gasteiger charge is 2.27. The average Bonchev–Trinajstić information content (AvgIpc) is 2.24. The van der Waals surface area contributed by atoms with Gasteiger partial charge >= 0.3 is 12.1 Å². The first-order chi connectivity index (χ1) is 8.20. The third kappa shape index (κ3) is 4.21. The van der Waals surface area contributed by atoms with E-state index in [2.05, 4.69) is 15.9 Å². The number of benzene rings is 1. The molecule has 0 radical (unpaired) electrons. The zero-order chi connectivity index (χ0) is 13.9. The molecule has 0 amide bonds. The summed E-state index contributed by atoms with van der Waals surface area (Å²) in [5, 5.41) is 9.00. The first-order valence-corrected chi connectivity index (χ1v) is 5.81. The summed E-state index contributed by atoms with van der Waals surface area (Å²) in [6, 6.07) is 4.43. The van der Waals surface area contributed by atoms with Gasteiger partial charge in [-0.15, -0.1) is 0 Å². The van der Waals surface area contributed by atoms with E-state index >= 15 is 0 Å². The van der Waals surface area contributed by atoms with Crippen molar-refractivity contribution in [1.82, 2.24) is 0 Å². The average molecular weight is 326 g/mol. The van der Waals surface area contributed by atoms with Crippen LogP contribution in [0.3, 0.4) is 0 Å². The van der Waals surface area contributed by atoms with Crippen molar-refractivity contribution in [1.29, 1.82) is 0 Å². The van der Waals surface area contributed by atoms with E-state index in [0.29, 0.717) is 4.47 Å². The molecule has 0 heterocycles. The lowest BCUT2D eigenvalue weighted by Gasteiger charge is -2.22. The summed E-state index contributed by atoms with van der Waals surface area (Å²) in [6.07, 6.45) is -5.24. The molecule has 1 N–H and O–H groups in total. The third-order valence-corrected chi connectivity index (χ3v) is 2.82. The molecule has 0 aliphatic carbocycles. The molecule has 1 aromatic rings. The van der Waals surface area contributed by atoms with E-state index in [4.69, 9.17) is 5.11 Å². The van der Waals surface area contributed by atoms with Gasteiger partial charge in [-0.2, -0.15) is 13.2 Å². The van der Waals surface area contributed by atoms with E-state index in [9.17, 15) is 18.0 Å². The zero-order valence-electron chi connectivity index (χ0n) is 9.46.